The molecule has 0 bridgehead atoms. The molecule has 5 rings (SSSR count). The summed E-state index contributed by atoms with van der Waals surface area (Å²) in [6, 6.07) is 18.4. The molecule has 2 aliphatic rings. The van der Waals surface area contributed by atoms with Crippen molar-refractivity contribution in [3.8, 4) is 11.1 Å². The van der Waals surface area contributed by atoms with Crippen LogP contribution in [0.25, 0.3) is 27.5 Å². The van der Waals surface area contributed by atoms with Crippen molar-refractivity contribution in [1.82, 2.24) is 0 Å². The molecule has 0 saturated heterocycles. The summed E-state index contributed by atoms with van der Waals surface area (Å²) in [5, 5.41) is 11.6. The zero-order valence-electron chi connectivity index (χ0n) is 17.9. The topological polar surface area (TPSA) is 37.3 Å². The minimum Gasteiger partial charge on any atom is -0.478 e. The number of rotatable bonds is 3. The van der Waals surface area contributed by atoms with Crippen LogP contribution in [-0.4, -0.2) is 11.1 Å². The maximum Gasteiger partial charge on any atom is 0.335 e. The third kappa shape index (κ3) is 3.53. The van der Waals surface area contributed by atoms with Gasteiger partial charge in [-0.3, -0.25) is 0 Å². The van der Waals surface area contributed by atoms with Crippen LogP contribution in [-0.2, 0) is 5.41 Å². The maximum atomic E-state index is 11.2. The molecule has 0 radical (unpaired) electrons. The first-order valence-electron chi connectivity index (χ1n) is 10.9. The Bertz CT molecular complexity index is 1270. The third-order valence-electron chi connectivity index (χ3n) is 6.69. The Morgan fingerprint density at radius 1 is 0.935 bits per heavy atom. The van der Waals surface area contributed by atoms with E-state index in [1.54, 1.807) is 12.1 Å². The number of carboxylic acid groups (broad SMARTS) is 1. The van der Waals surface area contributed by atoms with Gasteiger partial charge in [0.25, 0.3) is 0 Å². The van der Waals surface area contributed by atoms with E-state index in [1.165, 1.54) is 27.5 Å². The molecule has 0 amide bonds. The molecule has 2 heteroatoms. The number of hydrogen-bond acceptors (Lipinski definition) is 1. The van der Waals surface area contributed by atoms with Gasteiger partial charge in [-0.05, 0) is 87.2 Å². The van der Waals surface area contributed by atoms with Crippen molar-refractivity contribution in [3.63, 3.8) is 0 Å². The molecule has 2 aliphatic carbocycles. The van der Waals surface area contributed by atoms with E-state index in [0.29, 0.717) is 11.5 Å². The van der Waals surface area contributed by atoms with Crippen molar-refractivity contribution >= 4 is 22.3 Å². The van der Waals surface area contributed by atoms with Crippen LogP contribution in [0.3, 0.4) is 0 Å². The summed E-state index contributed by atoms with van der Waals surface area (Å²) >= 11 is 0. The normalized spacial score (nSPS) is 19.2. The molecule has 0 spiro atoms. The lowest BCUT2D eigenvalue weighted by Gasteiger charge is -2.35. The summed E-state index contributed by atoms with van der Waals surface area (Å²) in [6.07, 6.45) is 13.4. The number of allylic oxidation sites excluding steroid dienone is 6. The van der Waals surface area contributed by atoms with Crippen LogP contribution < -0.4 is 0 Å². The molecule has 0 fully saturated rings. The predicted molar refractivity (Wildman–Crippen MR) is 128 cm³/mol. The highest BCUT2D eigenvalue weighted by Crippen LogP contribution is 2.45. The van der Waals surface area contributed by atoms with Crippen molar-refractivity contribution in [1.29, 1.82) is 0 Å². The van der Waals surface area contributed by atoms with E-state index in [2.05, 4.69) is 74.6 Å². The number of carboxylic acids is 1. The van der Waals surface area contributed by atoms with Crippen LogP contribution in [0.1, 0.15) is 48.2 Å². The molecule has 31 heavy (non-hydrogen) atoms. The van der Waals surface area contributed by atoms with Crippen molar-refractivity contribution < 1.29 is 9.90 Å². The number of benzene rings is 3. The summed E-state index contributed by atoms with van der Waals surface area (Å²) in [6.45, 7) is 4.67. The Kier molecular flexibility index (Phi) is 4.66. The van der Waals surface area contributed by atoms with E-state index in [0.717, 1.165) is 24.0 Å². The Labute approximate surface area is 183 Å². The van der Waals surface area contributed by atoms with E-state index in [-0.39, 0.29) is 5.41 Å². The van der Waals surface area contributed by atoms with Gasteiger partial charge in [-0.1, -0.05) is 68.5 Å². The zero-order valence-corrected chi connectivity index (χ0v) is 17.9. The first kappa shape index (κ1) is 19.6. The molecule has 0 heterocycles. The fourth-order valence-corrected chi connectivity index (χ4v) is 4.83. The van der Waals surface area contributed by atoms with Gasteiger partial charge in [0.2, 0.25) is 0 Å². The molecule has 1 N–H and O–H groups in total. The predicted octanol–water partition coefficient (Wildman–Crippen LogP) is 7.40. The molecule has 1 atom stereocenters. The van der Waals surface area contributed by atoms with Gasteiger partial charge in [0, 0.05) is 5.92 Å². The van der Waals surface area contributed by atoms with E-state index < -0.39 is 5.97 Å². The Hall–Kier alpha value is -3.39. The zero-order chi connectivity index (χ0) is 21.6. The van der Waals surface area contributed by atoms with Gasteiger partial charge in [-0.2, -0.15) is 0 Å². The SMILES string of the molecule is CC1(C)CC=C(C2C=CC=CC2)c2cc3cc(-c4ccc(C(=O)O)cc4)ccc3cc21. The minimum absolute atomic E-state index is 0.118. The second kappa shape index (κ2) is 7.39. The van der Waals surface area contributed by atoms with E-state index in [1.807, 2.05) is 12.1 Å². The number of fused-ring (bicyclic) bond motifs is 2. The summed E-state index contributed by atoms with van der Waals surface area (Å²) < 4.78 is 0. The average molecular weight is 407 g/mol. The smallest absolute Gasteiger partial charge is 0.335 e. The average Bonchev–Trinajstić information content (AvgIpc) is 2.78. The lowest BCUT2D eigenvalue weighted by atomic mass is 9.69. The van der Waals surface area contributed by atoms with Gasteiger partial charge in [0.15, 0.2) is 0 Å². The van der Waals surface area contributed by atoms with Crippen LogP contribution in [0, 0.1) is 5.92 Å². The number of hydrogen-bond donors (Lipinski definition) is 1. The van der Waals surface area contributed by atoms with Gasteiger partial charge in [0.1, 0.15) is 0 Å². The van der Waals surface area contributed by atoms with Crippen LogP contribution in [0.2, 0.25) is 0 Å². The van der Waals surface area contributed by atoms with Crippen molar-refractivity contribution in [3.05, 3.63) is 102 Å². The monoisotopic (exact) mass is 406 g/mol. The van der Waals surface area contributed by atoms with Crippen LogP contribution in [0.5, 0.6) is 0 Å². The lowest BCUT2D eigenvalue weighted by Crippen LogP contribution is -2.23. The summed E-state index contributed by atoms with van der Waals surface area (Å²) in [5.41, 5.74) is 6.79. The van der Waals surface area contributed by atoms with Gasteiger partial charge in [0.05, 0.1) is 5.56 Å². The molecule has 3 aromatic carbocycles. The maximum absolute atomic E-state index is 11.2. The fraction of sp³-hybridized carbons (Fsp3) is 0.207. The van der Waals surface area contributed by atoms with Crippen molar-refractivity contribution in [2.75, 3.05) is 0 Å². The minimum atomic E-state index is -0.898. The molecule has 1 unspecified atom stereocenters. The van der Waals surface area contributed by atoms with Crippen LogP contribution in [0.15, 0.2) is 85.0 Å². The van der Waals surface area contributed by atoms with Gasteiger partial charge in [-0.15, -0.1) is 0 Å². The van der Waals surface area contributed by atoms with E-state index in [4.69, 9.17) is 5.11 Å². The van der Waals surface area contributed by atoms with Crippen LogP contribution in [0.4, 0.5) is 0 Å². The van der Waals surface area contributed by atoms with E-state index >= 15 is 0 Å². The third-order valence-corrected chi connectivity index (χ3v) is 6.69. The standard InChI is InChI=1S/C29H26O2/c1-29(2)15-14-25(20-6-4-3-5-7-20)26-17-24-16-22(12-13-23(24)18-27(26)29)19-8-10-21(11-9-19)28(30)31/h3-6,8-14,16-18,20H,7,15H2,1-2H3,(H,30,31). The Morgan fingerprint density at radius 3 is 2.42 bits per heavy atom. The molecular weight excluding hydrogens is 380 g/mol. The highest BCUT2D eigenvalue weighted by Gasteiger charge is 2.30. The summed E-state index contributed by atoms with van der Waals surface area (Å²) in [5.74, 6) is -0.464. The molecule has 154 valence electrons. The highest BCUT2D eigenvalue weighted by atomic mass is 16.4. The molecule has 0 saturated carbocycles. The second-order valence-corrected chi connectivity index (χ2v) is 9.24. The molecule has 2 nitrogen and oxygen atoms in total. The first-order chi connectivity index (χ1) is 14.9. The lowest BCUT2D eigenvalue weighted by molar-refractivity contribution is 0.0697. The van der Waals surface area contributed by atoms with E-state index in [9.17, 15) is 4.79 Å². The summed E-state index contributed by atoms with van der Waals surface area (Å²) in [7, 11) is 0. The van der Waals surface area contributed by atoms with Crippen molar-refractivity contribution in [2.24, 2.45) is 5.92 Å². The summed E-state index contributed by atoms with van der Waals surface area (Å²) in [4.78, 5) is 11.2. The van der Waals surface area contributed by atoms with Crippen molar-refractivity contribution in [2.45, 2.75) is 32.1 Å². The molecule has 0 aromatic heterocycles. The van der Waals surface area contributed by atoms with Gasteiger partial charge in [-0.25, -0.2) is 4.79 Å². The molecular formula is C29H26O2. The largest absolute Gasteiger partial charge is 0.478 e. The van der Waals surface area contributed by atoms with Gasteiger partial charge < -0.3 is 5.11 Å². The fourth-order valence-electron chi connectivity index (χ4n) is 4.83. The first-order valence-corrected chi connectivity index (χ1v) is 10.9. The second-order valence-electron chi connectivity index (χ2n) is 9.24. The van der Waals surface area contributed by atoms with Gasteiger partial charge >= 0.3 is 5.97 Å². The molecule has 3 aromatic rings. The van der Waals surface area contributed by atoms with Crippen LogP contribution >= 0.6 is 0 Å². The number of aromatic carboxylic acids is 1. The Balaban J connectivity index is 1.61. The highest BCUT2D eigenvalue weighted by molar-refractivity contribution is 5.93. The quantitative estimate of drug-likeness (QED) is 0.492. The Morgan fingerprint density at radius 2 is 1.71 bits per heavy atom. The molecule has 0 aliphatic heterocycles. The number of carbonyl (C=O) groups is 1.